The van der Waals surface area contributed by atoms with Crippen LogP contribution in [0.15, 0.2) is 42.5 Å². The van der Waals surface area contributed by atoms with Crippen molar-refractivity contribution in [1.82, 2.24) is 0 Å². The summed E-state index contributed by atoms with van der Waals surface area (Å²) in [6.45, 7) is 6.09. The number of carboxylic acid groups (broad SMARTS) is 1. The first kappa shape index (κ1) is 25.7. The first-order valence-electron chi connectivity index (χ1n) is 9.90. The number of esters is 1. The number of rotatable bonds is 6. The molecular weight excluding hydrogens is 443 g/mol. The van der Waals surface area contributed by atoms with Crippen LogP contribution in [0, 0.1) is 0 Å². The predicted molar refractivity (Wildman–Crippen MR) is 113 cm³/mol. The average molecular weight is 467 g/mol. The Morgan fingerprint density at radius 2 is 1.61 bits per heavy atom. The average Bonchev–Trinajstić information content (AvgIpc) is 2.66. The lowest BCUT2D eigenvalue weighted by atomic mass is 10.1. The van der Waals surface area contributed by atoms with Crippen LogP contribution in [0.25, 0.3) is 0 Å². The van der Waals surface area contributed by atoms with Gasteiger partial charge in [-0.25, -0.2) is 9.59 Å². The summed E-state index contributed by atoms with van der Waals surface area (Å²) in [5.74, 6) is -2.28. The second-order valence-electron chi connectivity index (χ2n) is 8.16. The van der Waals surface area contributed by atoms with Gasteiger partial charge in [0.05, 0.1) is 5.56 Å². The number of carbonyl (C=O) groups is 3. The summed E-state index contributed by atoms with van der Waals surface area (Å²) < 4.78 is 48.7. The van der Waals surface area contributed by atoms with Crippen LogP contribution in [0.4, 0.5) is 23.7 Å². The number of benzene rings is 2. The Morgan fingerprint density at radius 1 is 1.00 bits per heavy atom. The topological polar surface area (TPSA) is 93.1 Å². The van der Waals surface area contributed by atoms with Crippen molar-refractivity contribution in [3.8, 4) is 5.75 Å². The molecule has 0 atom stereocenters. The number of alkyl halides is 3. The zero-order valence-corrected chi connectivity index (χ0v) is 18.5. The number of nitrogens with zero attached hydrogens (tertiary/aromatic N) is 1. The van der Waals surface area contributed by atoms with Crippen molar-refractivity contribution in [2.45, 2.75) is 45.9 Å². The monoisotopic (exact) mass is 467 g/mol. The van der Waals surface area contributed by atoms with Gasteiger partial charge in [0.15, 0.2) is 0 Å². The lowest BCUT2D eigenvalue weighted by Crippen LogP contribution is -2.38. The fourth-order valence-corrected chi connectivity index (χ4v) is 2.84. The van der Waals surface area contributed by atoms with E-state index in [0.29, 0.717) is 5.56 Å². The van der Waals surface area contributed by atoms with Crippen molar-refractivity contribution >= 4 is 23.7 Å². The molecule has 178 valence electrons. The molecule has 0 aliphatic rings. The smallest absolute Gasteiger partial charge is 0.416 e. The number of anilines is 1. The van der Waals surface area contributed by atoms with Gasteiger partial charge in [-0.15, -0.1) is 0 Å². The molecule has 1 N–H and O–H groups in total. The zero-order chi connectivity index (χ0) is 25.0. The Labute approximate surface area is 188 Å². The van der Waals surface area contributed by atoms with E-state index in [1.54, 1.807) is 20.8 Å². The van der Waals surface area contributed by atoms with Crippen LogP contribution in [-0.4, -0.2) is 35.3 Å². The standard InChI is InChI=1S/C23H24F3NO6/c1-14(28)32-19-10-9-17(13-18(19)20(29)30)27(21(31)33-22(2,3)4)12-11-15-5-7-16(8-6-15)23(24,25)26/h5-10,13H,11-12H2,1-4H3,(H,29,30). The number of ether oxygens (including phenoxy) is 2. The second-order valence-corrected chi connectivity index (χ2v) is 8.16. The number of carboxylic acids is 1. The van der Waals surface area contributed by atoms with E-state index < -0.39 is 35.4 Å². The highest BCUT2D eigenvalue weighted by molar-refractivity contribution is 5.95. The van der Waals surface area contributed by atoms with Crippen LogP contribution in [0.3, 0.4) is 0 Å². The minimum atomic E-state index is -4.46. The van der Waals surface area contributed by atoms with Crippen molar-refractivity contribution in [2.24, 2.45) is 0 Å². The molecule has 0 bridgehead atoms. The van der Waals surface area contributed by atoms with Gasteiger partial charge in [0.1, 0.15) is 16.9 Å². The van der Waals surface area contributed by atoms with Gasteiger partial charge in [-0.1, -0.05) is 12.1 Å². The van der Waals surface area contributed by atoms with E-state index in [4.69, 9.17) is 9.47 Å². The van der Waals surface area contributed by atoms with Crippen LogP contribution >= 0.6 is 0 Å². The normalized spacial score (nSPS) is 11.6. The van der Waals surface area contributed by atoms with Crippen LogP contribution < -0.4 is 9.64 Å². The number of halogens is 3. The van der Waals surface area contributed by atoms with Crippen molar-refractivity contribution in [3.05, 3.63) is 59.2 Å². The Kier molecular flexibility index (Phi) is 7.73. The van der Waals surface area contributed by atoms with Crippen LogP contribution in [0.1, 0.15) is 49.2 Å². The first-order valence-corrected chi connectivity index (χ1v) is 9.90. The minimum absolute atomic E-state index is 0.00769. The second kappa shape index (κ2) is 9.93. The Hall–Kier alpha value is -3.56. The van der Waals surface area contributed by atoms with Crippen molar-refractivity contribution in [3.63, 3.8) is 0 Å². The molecule has 0 radical (unpaired) electrons. The molecule has 2 rings (SSSR count). The van der Waals surface area contributed by atoms with Gasteiger partial charge >= 0.3 is 24.2 Å². The molecule has 0 aliphatic heterocycles. The molecule has 10 heteroatoms. The zero-order valence-electron chi connectivity index (χ0n) is 18.5. The summed E-state index contributed by atoms with van der Waals surface area (Å²) in [6.07, 6.45) is -5.06. The Balaban J connectivity index is 2.36. The fraction of sp³-hybridized carbons (Fsp3) is 0.348. The van der Waals surface area contributed by atoms with E-state index >= 15 is 0 Å². The molecule has 0 heterocycles. The maximum absolute atomic E-state index is 12.8. The van der Waals surface area contributed by atoms with Gasteiger partial charge in [0, 0.05) is 19.2 Å². The summed E-state index contributed by atoms with van der Waals surface area (Å²) in [5.41, 5.74) is -1.29. The van der Waals surface area contributed by atoms with Gasteiger partial charge in [-0.3, -0.25) is 9.69 Å². The highest BCUT2D eigenvalue weighted by atomic mass is 19.4. The summed E-state index contributed by atoms with van der Waals surface area (Å²) in [4.78, 5) is 36.9. The van der Waals surface area contributed by atoms with Crippen LogP contribution in [0.2, 0.25) is 0 Å². The van der Waals surface area contributed by atoms with Gasteiger partial charge < -0.3 is 14.6 Å². The molecule has 2 aromatic carbocycles. The van der Waals surface area contributed by atoms with Crippen LogP contribution in [0.5, 0.6) is 5.75 Å². The molecule has 33 heavy (non-hydrogen) atoms. The van der Waals surface area contributed by atoms with E-state index in [1.165, 1.54) is 29.2 Å². The van der Waals surface area contributed by atoms with E-state index in [9.17, 15) is 32.7 Å². The number of amides is 1. The summed E-state index contributed by atoms with van der Waals surface area (Å²) in [6, 6.07) is 8.31. The largest absolute Gasteiger partial charge is 0.478 e. The highest BCUT2D eigenvalue weighted by Gasteiger charge is 2.30. The van der Waals surface area contributed by atoms with E-state index in [-0.39, 0.29) is 30.0 Å². The van der Waals surface area contributed by atoms with Crippen molar-refractivity contribution in [2.75, 3.05) is 11.4 Å². The van der Waals surface area contributed by atoms with E-state index in [2.05, 4.69) is 0 Å². The molecule has 7 nitrogen and oxygen atoms in total. The number of hydrogen-bond acceptors (Lipinski definition) is 5. The SMILES string of the molecule is CC(=O)Oc1ccc(N(CCc2ccc(C(F)(F)F)cc2)C(=O)OC(C)(C)C)cc1C(=O)O. The van der Waals surface area contributed by atoms with Gasteiger partial charge in [-0.05, 0) is 63.1 Å². The van der Waals surface area contributed by atoms with Crippen LogP contribution in [-0.2, 0) is 22.1 Å². The van der Waals surface area contributed by atoms with Crippen molar-refractivity contribution < 1.29 is 42.1 Å². The molecule has 0 fully saturated rings. The minimum Gasteiger partial charge on any atom is -0.478 e. The third-order valence-electron chi connectivity index (χ3n) is 4.28. The lowest BCUT2D eigenvalue weighted by Gasteiger charge is -2.28. The maximum Gasteiger partial charge on any atom is 0.416 e. The lowest BCUT2D eigenvalue weighted by molar-refractivity contribution is -0.137. The van der Waals surface area contributed by atoms with Gasteiger partial charge in [0.2, 0.25) is 0 Å². The Morgan fingerprint density at radius 3 is 2.09 bits per heavy atom. The molecule has 2 aromatic rings. The van der Waals surface area contributed by atoms with E-state index in [0.717, 1.165) is 25.1 Å². The molecule has 0 saturated carbocycles. The van der Waals surface area contributed by atoms with Gasteiger partial charge in [0.25, 0.3) is 0 Å². The third kappa shape index (κ3) is 7.51. The molecule has 1 amide bonds. The highest BCUT2D eigenvalue weighted by Crippen LogP contribution is 2.30. The Bertz CT molecular complexity index is 1030. The molecule has 0 aliphatic carbocycles. The number of carbonyl (C=O) groups excluding carboxylic acids is 2. The third-order valence-corrected chi connectivity index (χ3v) is 4.28. The molecule has 0 unspecified atom stereocenters. The summed E-state index contributed by atoms with van der Waals surface area (Å²) >= 11 is 0. The summed E-state index contributed by atoms with van der Waals surface area (Å²) in [7, 11) is 0. The first-order chi connectivity index (χ1) is 15.2. The number of hydrogen-bond donors (Lipinski definition) is 1. The fourth-order valence-electron chi connectivity index (χ4n) is 2.84. The quantitative estimate of drug-likeness (QED) is 0.457. The number of aromatic carboxylic acids is 1. The van der Waals surface area contributed by atoms with E-state index in [1.807, 2.05) is 0 Å². The van der Waals surface area contributed by atoms with Crippen molar-refractivity contribution in [1.29, 1.82) is 0 Å². The van der Waals surface area contributed by atoms with Gasteiger partial charge in [-0.2, -0.15) is 13.2 Å². The summed E-state index contributed by atoms with van der Waals surface area (Å²) in [5, 5.41) is 9.49. The predicted octanol–water partition coefficient (Wildman–Crippen LogP) is 5.31. The molecule has 0 spiro atoms. The molecule has 0 aromatic heterocycles. The maximum atomic E-state index is 12.8. The molecule has 0 saturated heterocycles. The molecular formula is C23H24F3NO6.